The van der Waals surface area contributed by atoms with E-state index < -0.39 is 16.8 Å². The average Bonchev–Trinajstić information content (AvgIpc) is 2.86. The molecule has 1 aromatic carbocycles. The average molecular weight is 391 g/mol. The molecule has 6 nitrogen and oxygen atoms in total. The van der Waals surface area contributed by atoms with Gasteiger partial charge in [0.1, 0.15) is 17.5 Å². The molecule has 2 heterocycles. The van der Waals surface area contributed by atoms with Crippen LogP contribution in [0.25, 0.3) is 0 Å². The molecule has 0 bridgehead atoms. The zero-order chi connectivity index (χ0) is 19.8. The summed E-state index contributed by atoms with van der Waals surface area (Å²) in [4.78, 5) is 39.1. The SMILES string of the molecule is CC(C)COC(=O)C1N2C(=O)[C@@H](NC(=O)Cc3ccccc3)[C@H]2SC1(C)C. The van der Waals surface area contributed by atoms with Crippen LogP contribution < -0.4 is 5.32 Å². The molecule has 2 aliphatic heterocycles. The van der Waals surface area contributed by atoms with Crippen LogP contribution in [0.5, 0.6) is 0 Å². The summed E-state index contributed by atoms with van der Waals surface area (Å²) in [5, 5.41) is 2.60. The number of carbonyl (C=O) groups excluding carboxylic acids is 3. The lowest BCUT2D eigenvalue weighted by Gasteiger charge is -2.44. The first-order valence-corrected chi connectivity index (χ1v) is 10.1. The van der Waals surface area contributed by atoms with Gasteiger partial charge >= 0.3 is 5.97 Å². The third kappa shape index (κ3) is 3.98. The maximum atomic E-state index is 12.7. The minimum absolute atomic E-state index is 0.191. The topological polar surface area (TPSA) is 75.7 Å². The highest BCUT2D eigenvalue weighted by atomic mass is 32.2. The Balaban J connectivity index is 1.64. The normalized spacial score (nSPS) is 25.7. The van der Waals surface area contributed by atoms with E-state index in [-0.39, 0.29) is 35.5 Å². The molecule has 0 spiro atoms. The van der Waals surface area contributed by atoms with E-state index in [1.165, 1.54) is 11.8 Å². The fraction of sp³-hybridized carbons (Fsp3) is 0.550. The van der Waals surface area contributed by atoms with Crippen LogP contribution in [-0.2, 0) is 25.5 Å². The Kier molecular flexibility index (Phi) is 5.51. The fourth-order valence-corrected chi connectivity index (χ4v) is 5.08. The molecule has 0 aromatic heterocycles. The molecule has 0 aliphatic carbocycles. The maximum Gasteiger partial charge on any atom is 0.330 e. The van der Waals surface area contributed by atoms with Gasteiger partial charge in [0.25, 0.3) is 0 Å². The van der Waals surface area contributed by atoms with Crippen LogP contribution >= 0.6 is 11.8 Å². The number of rotatable bonds is 6. The molecule has 1 aromatic rings. The lowest BCUT2D eigenvalue weighted by molar-refractivity contribution is -0.165. The molecule has 1 unspecified atom stereocenters. The molecule has 2 aliphatic rings. The number of nitrogens with one attached hydrogen (secondary N) is 1. The van der Waals surface area contributed by atoms with Crippen LogP contribution in [0.15, 0.2) is 30.3 Å². The predicted molar refractivity (Wildman–Crippen MR) is 104 cm³/mol. The van der Waals surface area contributed by atoms with E-state index in [4.69, 9.17) is 4.74 Å². The summed E-state index contributed by atoms with van der Waals surface area (Å²) in [6.07, 6.45) is 0.227. The van der Waals surface area contributed by atoms with E-state index >= 15 is 0 Å². The van der Waals surface area contributed by atoms with E-state index in [0.717, 1.165) is 5.56 Å². The van der Waals surface area contributed by atoms with Crippen LogP contribution in [0.3, 0.4) is 0 Å². The molecule has 1 N–H and O–H groups in total. The Morgan fingerprint density at radius 2 is 1.93 bits per heavy atom. The number of thioether (sulfide) groups is 1. The minimum Gasteiger partial charge on any atom is -0.464 e. The van der Waals surface area contributed by atoms with Gasteiger partial charge in [-0.2, -0.15) is 0 Å². The smallest absolute Gasteiger partial charge is 0.330 e. The van der Waals surface area contributed by atoms with Crippen LogP contribution in [0.2, 0.25) is 0 Å². The van der Waals surface area contributed by atoms with E-state index in [0.29, 0.717) is 6.61 Å². The van der Waals surface area contributed by atoms with Gasteiger partial charge in [-0.1, -0.05) is 44.2 Å². The minimum atomic E-state index is -0.624. The number of ether oxygens (including phenoxy) is 1. The quantitative estimate of drug-likeness (QED) is 0.594. The van der Waals surface area contributed by atoms with Gasteiger partial charge in [-0.05, 0) is 25.3 Å². The van der Waals surface area contributed by atoms with Gasteiger partial charge in [0.15, 0.2) is 0 Å². The molecule has 3 atom stereocenters. The van der Waals surface area contributed by atoms with Gasteiger partial charge < -0.3 is 15.0 Å². The lowest BCUT2D eigenvalue weighted by Crippen LogP contribution is -2.70. The number of amides is 2. The molecule has 2 saturated heterocycles. The van der Waals surface area contributed by atoms with Crippen molar-refractivity contribution < 1.29 is 19.1 Å². The van der Waals surface area contributed by atoms with E-state index in [1.54, 1.807) is 4.90 Å². The van der Waals surface area contributed by atoms with Crippen LogP contribution in [0.1, 0.15) is 33.3 Å². The molecule has 0 radical (unpaired) electrons. The van der Waals surface area contributed by atoms with E-state index in [9.17, 15) is 14.4 Å². The molecule has 27 heavy (non-hydrogen) atoms. The van der Waals surface area contributed by atoms with Crippen molar-refractivity contribution in [1.82, 2.24) is 10.2 Å². The molecule has 0 saturated carbocycles. The van der Waals surface area contributed by atoms with Gasteiger partial charge in [0, 0.05) is 4.75 Å². The zero-order valence-corrected chi connectivity index (χ0v) is 16.9. The Labute approximate surface area is 164 Å². The molecule has 7 heteroatoms. The number of esters is 1. The van der Waals surface area contributed by atoms with E-state index in [2.05, 4.69) is 5.32 Å². The number of carbonyl (C=O) groups is 3. The molecule has 2 amide bonds. The highest BCUT2D eigenvalue weighted by Gasteiger charge is 2.64. The molecule has 3 rings (SSSR count). The fourth-order valence-electron chi connectivity index (χ4n) is 3.46. The van der Waals surface area contributed by atoms with E-state index in [1.807, 2.05) is 58.0 Å². The third-order valence-electron chi connectivity index (χ3n) is 4.75. The van der Waals surface area contributed by atoms with Crippen molar-refractivity contribution in [2.24, 2.45) is 5.92 Å². The number of nitrogens with zero attached hydrogens (tertiary/aromatic N) is 1. The number of hydrogen-bond donors (Lipinski definition) is 1. The maximum absolute atomic E-state index is 12.7. The molecular weight excluding hydrogens is 364 g/mol. The predicted octanol–water partition coefficient (Wildman–Crippen LogP) is 1.98. The number of benzene rings is 1. The molecule has 2 fully saturated rings. The van der Waals surface area contributed by atoms with Gasteiger partial charge in [-0.25, -0.2) is 4.79 Å². The van der Waals surface area contributed by atoms with Gasteiger partial charge in [-0.15, -0.1) is 11.8 Å². The summed E-state index contributed by atoms with van der Waals surface area (Å²) < 4.78 is 4.92. The van der Waals surface area contributed by atoms with Gasteiger partial charge in [0.2, 0.25) is 11.8 Å². The van der Waals surface area contributed by atoms with Crippen molar-refractivity contribution in [2.75, 3.05) is 6.61 Å². The number of hydrogen-bond acceptors (Lipinski definition) is 5. The lowest BCUT2D eigenvalue weighted by atomic mass is 9.95. The Morgan fingerprint density at radius 1 is 1.26 bits per heavy atom. The van der Waals surface area contributed by atoms with Crippen molar-refractivity contribution in [3.63, 3.8) is 0 Å². The van der Waals surface area contributed by atoms with Crippen molar-refractivity contribution in [3.8, 4) is 0 Å². The van der Waals surface area contributed by atoms with Crippen molar-refractivity contribution in [2.45, 2.75) is 56.3 Å². The second-order valence-corrected chi connectivity index (χ2v) is 9.76. The highest BCUT2D eigenvalue weighted by Crippen LogP contribution is 2.51. The second kappa shape index (κ2) is 7.54. The summed E-state index contributed by atoms with van der Waals surface area (Å²) in [7, 11) is 0. The van der Waals surface area contributed by atoms with Crippen molar-refractivity contribution in [1.29, 1.82) is 0 Å². The molecule has 146 valence electrons. The van der Waals surface area contributed by atoms with Gasteiger partial charge in [-0.3, -0.25) is 9.59 Å². The summed E-state index contributed by atoms with van der Waals surface area (Å²) in [6.45, 7) is 8.15. The van der Waals surface area contributed by atoms with Crippen molar-refractivity contribution >= 4 is 29.5 Å². The largest absolute Gasteiger partial charge is 0.464 e. The van der Waals surface area contributed by atoms with Crippen molar-refractivity contribution in [3.05, 3.63) is 35.9 Å². The van der Waals surface area contributed by atoms with Crippen LogP contribution in [0.4, 0.5) is 0 Å². The first kappa shape index (κ1) is 19.7. The Morgan fingerprint density at radius 3 is 2.56 bits per heavy atom. The van der Waals surface area contributed by atoms with Crippen LogP contribution in [0, 0.1) is 5.92 Å². The van der Waals surface area contributed by atoms with Gasteiger partial charge in [0.05, 0.1) is 13.0 Å². The molecular formula is C20H26N2O4S. The summed E-state index contributed by atoms with van der Waals surface area (Å²) >= 11 is 1.54. The van der Waals surface area contributed by atoms with Crippen LogP contribution in [-0.4, -0.2) is 51.5 Å². The standard InChI is InChI=1S/C20H26N2O4S/c1-12(2)11-26-19(25)16-20(3,4)27-18-15(17(24)22(16)18)21-14(23)10-13-8-6-5-7-9-13/h5-9,12,15-16,18H,10-11H2,1-4H3,(H,21,23)/t15-,16?,18-/m1/s1. The Hall–Kier alpha value is -2.02. The number of β-lactam (4-membered cyclic amide) rings is 1. The highest BCUT2D eigenvalue weighted by molar-refractivity contribution is 8.01. The summed E-state index contributed by atoms with van der Waals surface area (Å²) in [5.41, 5.74) is 0.896. The number of fused-ring (bicyclic) bond motifs is 1. The first-order valence-electron chi connectivity index (χ1n) is 9.20. The zero-order valence-electron chi connectivity index (χ0n) is 16.1. The Bertz CT molecular complexity index is 735. The summed E-state index contributed by atoms with van der Waals surface area (Å²) in [6, 6.07) is 8.19. The summed E-state index contributed by atoms with van der Waals surface area (Å²) in [5.74, 6) is -0.542. The first-order chi connectivity index (χ1) is 12.7. The second-order valence-electron chi connectivity index (χ2n) is 7.99. The monoisotopic (exact) mass is 390 g/mol. The third-order valence-corrected chi connectivity index (χ3v) is 6.32.